The molecule has 162 valence electrons. The molecule has 0 aromatic rings. The van der Waals surface area contributed by atoms with Gasteiger partial charge in [0.15, 0.2) is 6.10 Å². The first-order valence-corrected chi connectivity index (χ1v) is 10.2. The fraction of sp³-hybridized carbons (Fsp3) is 0.810. The van der Waals surface area contributed by atoms with Crippen LogP contribution in [0.15, 0.2) is 0 Å². The molecule has 0 unspecified atom stereocenters. The summed E-state index contributed by atoms with van der Waals surface area (Å²) in [5.41, 5.74) is -0.660. The van der Waals surface area contributed by atoms with Gasteiger partial charge in [0.1, 0.15) is 18.3 Å². The summed E-state index contributed by atoms with van der Waals surface area (Å²) in [4.78, 5) is 47.8. The van der Waals surface area contributed by atoms with Gasteiger partial charge in [-0.3, -0.25) is 19.2 Å². The van der Waals surface area contributed by atoms with Gasteiger partial charge in [0.25, 0.3) is 0 Å². The Kier molecular flexibility index (Phi) is 5.66. The van der Waals surface area contributed by atoms with Crippen LogP contribution in [-0.4, -0.2) is 48.3 Å². The van der Waals surface area contributed by atoms with Crippen molar-refractivity contribution >= 4 is 23.9 Å². The van der Waals surface area contributed by atoms with Crippen LogP contribution in [0, 0.1) is 29.1 Å². The fourth-order valence-electron chi connectivity index (χ4n) is 5.97. The summed E-state index contributed by atoms with van der Waals surface area (Å²) in [6.45, 7) is 9.72. The smallest absolute Gasteiger partial charge is 0.309 e. The third kappa shape index (κ3) is 3.73. The van der Waals surface area contributed by atoms with Gasteiger partial charge < -0.3 is 18.9 Å². The van der Waals surface area contributed by atoms with Crippen molar-refractivity contribution in [3.8, 4) is 0 Å². The zero-order valence-electron chi connectivity index (χ0n) is 17.8. The largest absolute Gasteiger partial charge is 0.462 e. The summed E-state index contributed by atoms with van der Waals surface area (Å²) in [6, 6.07) is 0. The SMILES string of the molecule is CC(=O)O[C@@H]1[C@H](OC(C)=O)[C@H](OC(C)=O)[C@]2(C)C[C@@H]3[C@H](C[C@H](C)[C@@H]12)OC(=O)[C@H]3C. The molecule has 2 saturated carbocycles. The molecule has 0 spiro atoms. The Balaban J connectivity index is 2.09. The van der Waals surface area contributed by atoms with Crippen molar-refractivity contribution < 1.29 is 38.1 Å². The van der Waals surface area contributed by atoms with Crippen LogP contribution in [0.3, 0.4) is 0 Å². The molecule has 29 heavy (non-hydrogen) atoms. The van der Waals surface area contributed by atoms with Crippen LogP contribution in [0.1, 0.15) is 54.4 Å². The van der Waals surface area contributed by atoms with Gasteiger partial charge in [0.05, 0.1) is 5.92 Å². The molecule has 3 rings (SSSR count). The maximum atomic E-state index is 12.2. The standard InChI is InChI=1S/C21H30O8/c1-9-7-15-14(10(2)20(25)29-15)8-21(6)16(9)17(26-11(3)22)18(27-12(4)23)19(21)28-13(5)24/h9-10,14-19H,7-8H2,1-6H3/t9-,10-,14-,15-,16-,17-,18-,19-,21+/m0/s1. The highest BCUT2D eigenvalue weighted by molar-refractivity contribution is 5.75. The van der Waals surface area contributed by atoms with E-state index < -0.39 is 41.6 Å². The molecule has 1 heterocycles. The van der Waals surface area contributed by atoms with E-state index in [1.165, 1.54) is 20.8 Å². The lowest BCUT2D eigenvalue weighted by Gasteiger charge is -2.38. The minimum atomic E-state index is -0.900. The van der Waals surface area contributed by atoms with E-state index in [1.54, 1.807) is 0 Å². The van der Waals surface area contributed by atoms with E-state index in [4.69, 9.17) is 18.9 Å². The van der Waals surface area contributed by atoms with Crippen LogP contribution < -0.4 is 0 Å². The number of esters is 4. The number of hydrogen-bond acceptors (Lipinski definition) is 8. The Morgan fingerprint density at radius 3 is 2.07 bits per heavy atom. The number of hydrogen-bond donors (Lipinski definition) is 0. The van der Waals surface area contributed by atoms with E-state index in [9.17, 15) is 19.2 Å². The lowest BCUT2D eigenvalue weighted by atomic mass is 9.68. The molecule has 1 aliphatic heterocycles. The molecule has 0 bridgehead atoms. The van der Waals surface area contributed by atoms with Gasteiger partial charge >= 0.3 is 23.9 Å². The first-order chi connectivity index (χ1) is 13.5. The third-order valence-electron chi connectivity index (χ3n) is 6.94. The summed E-state index contributed by atoms with van der Waals surface area (Å²) < 4.78 is 22.5. The van der Waals surface area contributed by atoms with Crippen LogP contribution in [0.4, 0.5) is 0 Å². The highest BCUT2D eigenvalue weighted by atomic mass is 16.6. The maximum Gasteiger partial charge on any atom is 0.309 e. The number of carbonyl (C=O) groups excluding carboxylic acids is 4. The van der Waals surface area contributed by atoms with Crippen molar-refractivity contribution in [3.05, 3.63) is 0 Å². The summed E-state index contributed by atoms with van der Waals surface area (Å²) in [7, 11) is 0. The second-order valence-electron chi connectivity index (χ2n) is 9.05. The zero-order chi connectivity index (χ0) is 21.7. The van der Waals surface area contributed by atoms with Gasteiger partial charge in [-0.2, -0.15) is 0 Å². The summed E-state index contributed by atoms with van der Waals surface area (Å²) in [5, 5.41) is 0. The number of fused-ring (bicyclic) bond motifs is 2. The first-order valence-electron chi connectivity index (χ1n) is 10.2. The molecule has 0 N–H and O–H groups in total. The van der Waals surface area contributed by atoms with E-state index in [0.717, 1.165) is 0 Å². The van der Waals surface area contributed by atoms with Crippen molar-refractivity contribution in [2.75, 3.05) is 0 Å². The molecular weight excluding hydrogens is 380 g/mol. The molecular formula is C21H30O8. The van der Waals surface area contributed by atoms with E-state index >= 15 is 0 Å². The molecule has 0 amide bonds. The molecule has 0 radical (unpaired) electrons. The minimum absolute atomic E-state index is 0.0175. The highest BCUT2D eigenvalue weighted by Crippen LogP contribution is 2.59. The second kappa shape index (κ2) is 7.61. The van der Waals surface area contributed by atoms with E-state index in [-0.39, 0.29) is 35.7 Å². The zero-order valence-corrected chi connectivity index (χ0v) is 17.8. The Hall–Kier alpha value is -2.12. The predicted octanol–water partition coefficient (Wildman–Crippen LogP) is 2.03. The molecule has 8 heteroatoms. The van der Waals surface area contributed by atoms with Gasteiger partial charge in [-0.25, -0.2) is 0 Å². The van der Waals surface area contributed by atoms with Gasteiger partial charge in [-0.1, -0.05) is 20.8 Å². The molecule has 0 aromatic carbocycles. The Bertz CT molecular complexity index is 717. The van der Waals surface area contributed by atoms with Crippen molar-refractivity contribution in [3.63, 3.8) is 0 Å². The van der Waals surface area contributed by atoms with Crippen molar-refractivity contribution in [1.82, 2.24) is 0 Å². The van der Waals surface area contributed by atoms with Crippen LogP contribution in [0.5, 0.6) is 0 Å². The van der Waals surface area contributed by atoms with Gasteiger partial charge in [0.2, 0.25) is 0 Å². The topological polar surface area (TPSA) is 105 Å². The van der Waals surface area contributed by atoms with Crippen molar-refractivity contribution in [1.29, 1.82) is 0 Å². The van der Waals surface area contributed by atoms with Crippen molar-refractivity contribution in [2.24, 2.45) is 29.1 Å². The summed E-state index contributed by atoms with van der Waals surface area (Å²) >= 11 is 0. The van der Waals surface area contributed by atoms with Crippen molar-refractivity contribution in [2.45, 2.75) is 78.8 Å². The Morgan fingerprint density at radius 1 is 0.966 bits per heavy atom. The van der Waals surface area contributed by atoms with Crippen LogP contribution in [-0.2, 0) is 38.1 Å². The Labute approximate surface area is 170 Å². The number of ether oxygens (including phenoxy) is 4. The quantitative estimate of drug-likeness (QED) is 0.514. The lowest BCUT2D eigenvalue weighted by Crippen LogP contribution is -2.43. The summed E-state index contributed by atoms with van der Waals surface area (Å²) in [6.07, 6.45) is -1.51. The lowest BCUT2D eigenvalue weighted by molar-refractivity contribution is -0.178. The first kappa shape index (κ1) is 21.6. The highest BCUT2D eigenvalue weighted by Gasteiger charge is 2.67. The Morgan fingerprint density at radius 2 is 1.52 bits per heavy atom. The predicted molar refractivity (Wildman–Crippen MR) is 99.2 cm³/mol. The summed E-state index contributed by atoms with van der Waals surface area (Å²) in [5.74, 6) is -2.32. The molecule has 1 saturated heterocycles. The second-order valence-corrected chi connectivity index (χ2v) is 9.05. The van der Waals surface area contributed by atoms with E-state index in [0.29, 0.717) is 12.8 Å². The molecule has 2 aliphatic carbocycles. The van der Waals surface area contributed by atoms with E-state index in [2.05, 4.69) is 0 Å². The minimum Gasteiger partial charge on any atom is -0.462 e. The molecule has 8 nitrogen and oxygen atoms in total. The van der Waals surface area contributed by atoms with Crippen LogP contribution >= 0.6 is 0 Å². The van der Waals surface area contributed by atoms with Crippen LogP contribution in [0.2, 0.25) is 0 Å². The monoisotopic (exact) mass is 410 g/mol. The fourth-order valence-corrected chi connectivity index (χ4v) is 5.97. The van der Waals surface area contributed by atoms with Crippen LogP contribution in [0.25, 0.3) is 0 Å². The van der Waals surface area contributed by atoms with Gasteiger partial charge in [0, 0.05) is 38.0 Å². The van der Waals surface area contributed by atoms with Gasteiger partial charge in [-0.05, 0) is 18.8 Å². The average molecular weight is 410 g/mol. The molecule has 3 fully saturated rings. The van der Waals surface area contributed by atoms with Gasteiger partial charge in [-0.15, -0.1) is 0 Å². The third-order valence-corrected chi connectivity index (χ3v) is 6.94. The number of rotatable bonds is 3. The molecule has 3 aliphatic rings. The molecule has 0 aromatic heterocycles. The molecule has 9 atom stereocenters. The number of carbonyl (C=O) groups is 4. The average Bonchev–Trinajstić information content (AvgIpc) is 2.89. The normalized spacial score (nSPS) is 43.4. The maximum absolute atomic E-state index is 12.2. The van der Waals surface area contributed by atoms with E-state index in [1.807, 2.05) is 20.8 Å².